The van der Waals surface area contributed by atoms with Gasteiger partial charge < -0.3 is 15.2 Å². The third-order valence-corrected chi connectivity index (χ3v) is 6.96. The first-order chi connectivity index (χ1) is 12.1. The summed E-state index contributed by atoms with van der Waals surface area (Å²) in [5.74, 6) is 3.90. The maximum atomic E-state index is 10.00. The normalized spacial score (nSPS) is 18.1. The Morgan fingerprint density at radius 2 is 2.12 bits per heavy atom. The van der Waals surface area contributed by atoms with Crippen molar-refractivity contribution in [2.75, 3.05) is 24.7 Å². The maximum Gasteiger partial charge on any atom is 0.132 e. The zero-order valence-corrected chi connectivity index (χ0v) is 16.3. The van der Waals surface area contributed by atoms with E-state index in [-0.39, 0.29) is 0 Å². The molecule has 1 aliphatic rings. The van der Waals surface area contributed by atoms with Gasteiger partial charge in [0, 0.05) is 16.4 Å². The van der Waals surface area contributed by atoms with Crippen LogP contribution in [-0.4, -0.2) is 35.8 Å². The Kier molecular flexibility index (Phi) is 6.57. The highest BCUT2D eigenvalue weighted by atomic mass is 32.2. The predicted molar refractivity (Wildman–Crippen MR) is 107 cm³/mol. The van der Waals surface area contributed by atoms with Crippen LogP contribution in [0.15, 0.2) is 52.3 Å². The number of phenolic OH excluding ortho intramolecular Hbond substituents is 1. The van der Waals surface area contributed by atoms with E-state index in [2.05, 4.69) is 24.4 Å². The number of ether oxygens (including phenoxy) is 1. The highest BCUT2D eigenvalue weighted by Crippen LogP contribution is 2.33. The number of thioether (sulfide) groups is 2. The predicted octanol–water partition coefficient (Wildman–Crippen LogP) is 4.57. The number of benzene rings is 2. The van der Waals surface area contributed by atoms with Crippen molar-refractivity contribution in [3.63, 3.8) is 0 Å². The number of hydrogen-bond donors (Lipinski definition) is 2. The van der Waals surface area contributed by atoms with Crippen molar-refractivity contribution in [1.82, 2.24) is 5.32 Å². The van der Waals surface area contributed by atoms with Crippen molar-refractivity contribution in [2.45, 2.75) is 29.7 Å². The lowest BCUT2D eigenvalue weighted by molar-refractivity contribution is 0.270. The molecule has 2 aromatic rings. The van der Waals surface area contributed by atoms with E-state index in [1.54, 1.807) is 17.8 Å². The van der Waals surface area contributed by atoms with Crippen LogP contribution in [0.25, 0.3) is 0 Å². The summed E-state index contributed by atoms with van der Waals surface area (Å²) in [5.41, 5.74) is 1.14. The Morgan fingerprint density at radius 3 is 2.96 bits per heavy atom. The van der Waals surface area contributed by atoms with Crippen LogP contribution in [0.4, 0.5) is 0 Å². The first-order valence-electron chi connectivity index (χ1n) is 8.63. The SMILES string of the molecule is Cc1cccc(O)c1SC[C@@H](C)CN[C@@H]1COc2ccccc2SC1. The minimum Gasteiger partial charge on any atom is -0.507 e. The molecule has 0 saturated heterocycles. The summed E-state index contributed by atoms with van der Waals surface area (Å²) in [4.78, 5) is 2.23. The van der Waals surface area contributed by atoms with Gasteiger partial charge in [0.25, 0.3) is 0 Å². The second-order valence-corrected chi connectivity index (χ2v) is 8.61. The van der Waals surface area contributed by atoms with Crippen molar-refractivity contribution in [2.24, 2.45) is 5.92 Å². The molecule has 1 heterocycles. The average Bonchev–Trinajstić information content (AvgIpc) is 2.82. The number of phenols is 1. The van der Waals surface area contributed by atoms with Gasteiger partial charge in [-0.15, -0.1) is 23.5 Å². The van der Waals surface area contributed by atoms with Crippen molar-refractivity contribution in [3.8, 4) is 11.5 Å². The molecule has 2 N–H and O–H groups in total. The summed E-state index contributed by atoms with van der Waals surface area (Å²) in [5, 5.41) is 13.6. The topological polar surface area (TPSA) is 41.5 Å². The van der Waals surface area contributed by atoms with Crippen molar-refractivity contribution in [3.05, 3.63) is 48.0 Å². The molecule has 2 aromatic carbocycles. The van der Waals surface area contributed by atoms with Crippen LogP contribution in [0.5, 0.6) is 11.5 Å². The van der Waals surface area contributed by atoms with Gasteiger partial charge in [0.05, 0.1) is 10.9 Å². The monoisotopic (exact) mass is 375 g/mol. The summed E-state index contributed by atoms with van der Waals surface area (Å²) in [6, 6.07) is 14.3. The molecule has 3 nitrogen and oxygen atoms in total. The van der Waals surface area contributed by atoms with Gasteiger partial charge in [-0.25, -0.2) is 0 Å². The second-order valence-electron chi connectivity index (χ2n) is 6.51. The smallest absolute Gasteiger partial charge is 0.132 e. The van der Waals surface area contributed by atoms with E-state index in [0.717, 1.165) is 34.3 Å². The zero-order chi connectivity index (χ0) is 17.6. The fraction of sp³-hybridized carbons (Fsp3) is 0.400. The molecule has 5 heteroatoms. The highest BCUT2D eigenvalue weighted by Gasteiger charge is 2.18. The molecule has 3 rings (SSSR count). The van der Waals surface area contributed by atoms with E-state index in [9.17, 15) is 5.11 Å². The van der Waals surface area contributed by atoms with Crippen LogP contribution >= 0.6 is 23.5 Å². The minimum atomic E-state index is 0.358. The summed E-state index contributed by atoms with van der Waals surface area (Å²) in [6.45, 7) is 5.95. The number of para-hydroxylation sites is 1. The van der Waals surface area contributed by atoms with Gasteiger partial charge in [-0.05, 0) is 43.1 Å². The van der Waals surface area contributed by atoms with E-state index in [0.29, 0.717) is 24.3 Å². The van der Waals surface area contributed by atoms with Crippen molar-refractivity contribution in [1.29, 1.82) is 0 Å². The Labute approximate surface area is 158 Å². The Hall–Kier alpha value is -1.30. The van der Waals surface area contributed by atoms with Gasteiger partial charge in [0.2, 0.25) is 0 Å². The van der Waals surface area contributed by atoms with Gasteiger partial charge in [-0.3, -0.25) is 0 Å². The van der Waals surface area contributed by atoms with Crippen LogP contribution in [0.2, 0.25) is 0 Å². The molecule has 0 aliphatic carbocycles. The first-order valence-corrected chi connectivity index (χ1v) is 10.6. The lowest BCUT2D eigenvalue weighted by atomic mass is 10.2. The molecule has 1 aliphatic heterocycles. The largest absolute Gasteiger partial charge is 0.507 e. The van der Waals surface area contributed by atoms with E-state index in [1.165, 1.54) is 4.90 Å². The molecule has 0 amide bonds. The summed E-state index contributed by atoms with van der Waals surface area (Å²) in [6.07, 6.45) is 0. The average molecular weight is 376 g/mol. The third kappa shape index (κ3) is 5.09. The van der Waals surface area contributed by atoms with E-state index in [4.69, 9.17) is 4.74 Å². The number of rotatable bonds is 6. The molecule has 0 bridgehead atoms. The number of fused-ring (bicyclic) bond motifs is 1. The van der Waals surface area contributed by atoms with Crippen LogP contribution in [0.3, 0.4) is 0 Å². The summed E-state index contributed by atoms with van der Waals surface area (Å²) < 4.78 is 5.93. The summed E-state index contributed by atoms with van der Waals surface area (Å²) >= 11 is 3.59. The summed E-state index contributed by atoms with van der Waals surface area (Å²) in [7, 11) is 0. The number of hydrogen-bond acceptors (Lipinski definition) is 5. The van der Waals surface area contributed by atoms with E-state index >= 15 is 0 Å². The number of nitrogens with one attached hydrogen (secondary N) is 1. The number of aryl methyl sites for hydroxylation is 1. The van der Waals surface area contributed by atoms with E-state index < -0.39 is 0 Å². The van der Waals surface area contributed by atoms with Gasteiger partial charge >= 0.3 is 0 Å². The van der Waals surface area contributed by atoms with Crippen molar-refractivity contribution >= 4 is 23.5 Å². The molecule has 0 saturated carbocycles. The fourth-order valence-electron chi connectivity index (χ4n) is 2.71. The Bertz CT molecular complexity index is 661. The van der Waals surface area contributed by atoms with E-state index in [1.807, 2.05) is 43.0 Å². The van der Waals surface area contributed by atoms with Gasteiger partial charge in [-0.1, -0.05) is 31.2 Å². The zero-order valence-electron chi connectivity index (χ0n) is 14.7. The highest BCUT2D eigenvalue weighted by molar-refractivity contribution is 7.99. The van der Waals surface area contributed by atoms with Gasteiger partial charge in [0.15, 0.2) is 0 Å². The Morgan fingerprint density at radius 1 is 1.28 bits per heavy atom. The Balaban J connectivity index is 1.44. The first kappa shape index (κ1) is 18.5. The molecular formula is C20H25NO2S2. The fourth-order valence-corrected chi connectivity index (χ4v) is 4.83. The molecule has 134 valence electrons. The standard InChI is InChI=1S/C20H25NO2S2/c1-14(12-25-20-15(2)6-5-7-17(20)22)10-21-16-11-23-18-8-3-4-9-19(18)24-13-16/h3-9,14,16,21-22H,10-13H2,1-2H3/t14-,16+/m0/s1. The molecule has 0 aromatic heterocycles. The molecule has 2 atom stereocenters. The van der Waals surface area contributed by atoms with Gasteiger partial charge in [0.1, 0.15) is 18.1 Å². The van der Waals surface area contributed by atoms with Crippen LogP contribution < -0.4 is 10.1 Å². The molecule has 0 unspecified atom stereocenters. The number of aromatic hydroxyl groups is 1. The van der Waals surface area contributed by atoms with Gasteiger partial charge in [-0.2, -0.15) is 0 Å². The molecule has 0 radical (unpaired) electrons. The lowest BCUT2D eigenvalue weighted by Crippen LogP contribution is -2.39. The third-order valence-electron chi connectivity index (χ3n) is 4.19. The quantitative estimate of drug-likeness (QED) is 0.724. The van der Waals surface area contributed by atoms with Crippen LogP contribution in [-0.2, 0) is 0 Å². The molecule has 25 heavy (non-hydrogen) atoms. The van der Waals surface area contributed by atoms with Crippen LogP contribution in [0, 0.1) is 12.8 Å². The second kappa shape index (κ2) is 8.88. The van der Waals surface area contributed by atoms with Crippen LogP contribution in [0.1, 0.15) is 12.5 Å². The maximum absolute atomic E-state index is 10.00. The molecule has 0 fully saturated rings. The minimum absolute atomic E-state index is 0.358. The lowest BCUT2D eigenvalue weighted by Gasteiger charge is -2.19. The molecular weight excluding hydrogens is 350 g/mol. The van der Waals surface area contributed by atoms with Crippen molar-refractivity contribution < 1.29 is 9.84 Å². The molecule has 0 spiro atoms.